The van der Waals surface area contributed by atoms with Gasteiger partial charge in [0.1, 0.15) is 5.60 Å². The summed E-state index contributed by atoms with van der Waals surface area (Å²) in [5.74, 6) is -0.0436. The predicted molar refractivity (Wildman–Crippen MR) is 94.5 cm³/mol. The number of hydrogen-bond donors (Lipinski definition) is 1. The molecule has 4 heteroatoms. The number of alkyl carbamates (subject to hydrolysis) is 1. The zero-order chi connectivity index (χ0) is 17.6. The Morgan fingerprint density at radius 2 is 1.83 bits per heavy atom. The standard InChI is InChI=1S/C20H28N2O2/c1-20(2,3)24-19(23)22-18(16-12-8-5-9-13-16)17(14-21)15-10-6-4-7-11-15/h4,6-7,10-11,16-18H,5,8-9,12-13H2,1-3H3,(H,22,23)/t17-,18+/m1/s1. The smallest absolute Gasteiger partial charge is 0.407 e. The molecule has 1 fully saturated rings. The van der Waals surface area contributed by atoms with Crippen molar-refractivity contribution < 1.29 is 9.53 Å². The van der Waals surface area contributed by atoms with Crippen molar-refractivity contribution in [1.29, 1.82) is 5.26 Å². The van der Waals surface area contributed by atoms with Crippen molar-refractivity contribution in [3.05, 3.63) is 35.9 Å². The zero-order valence-electron chi connectivity index (χ0n) is 14.9. The first-order chi connectivity index (χ1) is 11.4. The molecule has 0 spiro atoms. The van der Waals surface area contributed by atoms with Crippen molar-refractivity contribution in [2.45, 2.75) is 70.4 Å². The number of rotatable bonds is 4. The molecule has 0 radical (unpaired) electrons. The third-order valence-corrected chi connectivity index (χ3v) is 4.50. The van der Waals surface area contributed by atoms with E-state index >= 15 is 0 Å². The van der Waals surface area contributed by atoms with E-state index in [1.54, 1.807) is 0 Å². The van der Waals surface area contributed by atoms with E-state index in [2.05, 4.69) is 11.4 Å². The van der Waals surface area contributed by atoms with Crippen molar-refractivity contribution in [3.8, 4) is 6.07 Å². The van der Waals surface area contributed by atoms with Crippen LogP contribution < -0.4 is 5.32 Å². The Labute approximate surface area is 145 Å². The average molecular weight is 328 g/mol. The number of nitrogens with one attached hydrogen (secondary N) is 1. The van der Waals surface area contributed by atoms with Crippen LogP contribution in [0.15, 0.2) is 30.3 Å². The van der Waals surface area contributed by atoms with Gasteiger partial charge in [0.2, 0.25) is 0 Å². The Morgan fingerprint density at radius 3 is 2.38 bits per heavy atom. The second kappa shape index (κ2) is 8.19. The molecule has 1 aromatic rings. The molecule has 4 nitrogen and oxygen atoms in total. The van der Waals surface area contributed by atoms with Crippen molar-refractivity contribution in [3.63, 3.8) is 0 Å². The highest BCUT2D eigenvalue weighted by molar-refractivity contribution is 5.68. The number of amides is 1. The summed E-state index contributed by atoms with van der Waals surface area (Å²) in [5.41, 5.74) is 0.405. The van der Waals surface area contributed by atoms with E-state index in [0.717, 1.165) is 31.2 Å². The van der Waals surface area contributed by atoms with Gasteiger partial charge in [-0.2, -0.15) is 5.26 Å². The first-order valence-corrected chi connectivity index (χ1v) is 8.85. The van der Waals surface area contributed by atoms with Crippen LogP contribution in [-0.4, -0.2) is 17.7 Å². The molecular weight excluding hydrogens is 300 g/mol. The Bertz CT molecular complexity index is 566. The van der Waals surface area contributed by atoms with Crippen LogP contribution in [0.1, 0.15) is 64.4 Å². The maximum absolute atomic E-state index is 12.3. The quantitative estimate of drug-likeness (QED) is 0.866. The van der Waals surface area contributed by atoms with Gasteiger partial charge < -0.3 is 10.1 Å². The largest absolute Gasteiger partial charge is 0.444 e. The second-order valence-electron chi connectivity index (χ2n) is 7.59. The molecule has 1 aliphatic rings. The summed E-state index contributed by atoms with van der Waals surface area (Å²) in [6.45, 7) is 5.55. The Morgan fingerprint density at radius 1 is 1.21 bits per heavy atom. The summed E-state index contributed by atoms with van der Waals surface area (Å²) >= 11 is 0. The van der Waals surface area contributed by atoms with Gasteiger partial charge in [-0.05, 0) is 45.1 Å². The molecule has 1 saturated carbocycles. The molecule has 0 saturated heterocycles. The monoisotopic (exact) mass is 328 g/mol. The summed E-state index contributed by atoms with van der Waals surface area (Å²) in [6.07, 6.45) is 5.21. The average Bonchev–Trinajstić information content (AvgIpc) is 2.55. The van der Waals surface area contributed by atoms with Gasteiger partial charge in [0.25, 0.3) is 0 Å². The minimum Gasteiger partial charge on any atom is -0.444 e. The van der Waals surface area contributed by atoms with E-state index in [9.17, 15) is 10.1 Å². The lowest BCUT2D eigenvalue weighted by molar-refractivity contribution is 0.0471. The molecule has 0 bridgehead atoms. The Kier molecular flexibility index (Phi) is 6.25. The van der Waals surface area contributed by atoms with E-state index in [-0.39, 0.29) is 12.0 Å². The molecule has 2 atom stereocenters. The normalized spacial score (nSPS) is 18.2. The SMILES string of the molecule is CC(C)(C)OC(=O)N[C@@H](C1CCCCC1)[C@H](C#N)c1ccccc1. The van der Waals surface area contributed by atoms with Gasteiger partial charge in [-0.1, -0.05) is 49.6 Å². The van der Waals surface area contributed by atoms with E-state index in [4.69, 9.17) is 4.74 Å². The lowest BCUT2D eigenvalue weighted by Crippen LogP contribution is -2.46. The second-order valence-corrected chi connectivity index (χ2v) is 7.59. The third-order valence-electron chi connectivity index (χ3n) is 4.50. The lowest BCUT2D eigenvalue weighted by Gasteiger charge is -2.34. The number of carbonyl (C=O) groups excluding carboxylic acids is 1. The summed E-state index contributed by atoms with van der Waals surface area (Å²) in [5, 5.41) is 12.8. The molecule has 1 amide bonds. The Balaban J connectivity index is 2.21. The minimum atomic E-state index is -0.546. The number of carbonyl (C=O) groups is 1. The summed E-state index contributed by atoms with van der Waals surface area (Å²) in [6, 6.07) is 11.9. The maximum atomic E-state index is 12.3. The number of hydrogen-bond acceptors (Lipinski definition) is 3. The van der Waals surface area contributed by atoms with Crippen molar-refractivity contribution in [2.24, 2.45) is 5.92 Å². The zero-order valence-corrected chi connectivity index (χ0v) is 14.9. The fourth-order valence-electron chi connectivity index (χ4n) is 3.43. The molecule has 2 rings (SSSR count). The summed E-state index contributed by atoms with van der Waals surface area (Å²) < 4.78 is 5.43. The molecule has 130 valence electrons. The van der Waals surface area contributed by atoms with E-state index in [0.29, 0.717) is 5.92 Å². The van der Waals surface area contributed by atoms with E-state index < -0.39 is 11.7 Å². The first kappa shape index (κ1) is 18.3. The van der Waals surface area contributed by atoms with Crippen LogP contribution in [0.4, 0.5) is 4.79 Å². The molecule has 1 aliphatic carbocycles. The van der Waals surface area contributed by atoms with Gasteiger partial charge >= 0.3 is 6.09 Å². The van der Waals surface area contributed by atoms with Crippen LogP contribution in [-0.2, 0) is 4.74 Å². The van der Waals surface area contributed by atoms with Gasteiger partial charge in [-0.15, -0.1) is 0 Å². The minimum absolute atomic E-state index is 0.215. The first-order valence-electron chi connectivity index (χ1n) is 8.85. The fourth-order valence-corrected chi connectivity index (χ4v) is 3.43. The highest BCUT2D eigenvalue weighted by Crippen LogP contribution is 2.33. The van der Waals surface area contributed by atoms with Crippen LogP contribution in [0.25, 0.3) is 0 Å². The van der Waals surface area contributed by atoms with Gasteiger partial charge in [0.15, 0.2) is 0 Å². The van der Waals surface area contributed by atoms with Crippen LogP contribution in [0.3, 0.4) is 0 Å². The van der Waals surface area contributed by atoms with Crippen LogP contribution >= 0.6 is 0 Å². The van der Waals surface area contributed by atoms with Crippen LogP contribution in [0, 0.1) is 17.2 Å². The van der Waals surface area contributed by atoms with Gasteiger partial charge in [0.05, 0.1) is 18.0 Å². The Hall–Kier alpha value is -2.02. The molecule has 0 aromatic heterocycles. The highest BCUT2D eigenvalue weighted by atomic mass is 16.6. The maximum Gasteiger partial charge on any atom is 0.407 e. The highest BCUT2D eigenvalue weighted by Gasteiger charge is 2.34. The summed E-state index contributed by atoms with van der Waals surface area (Å²) in [7, 11) is 0. The third kappa shape index (κ3) is 5.26. The number of nitriles is 1. The number of ether oxygens (including phenoxy) is 1. The van der Waals surface area contributed by atoms with Gasteiger partial charge in [-0.3, -0.25) is 0 Å². The number of benzene rings is 1. The molecule has 1 aromatic carbocycles. The predicted octanol–water partition coefficient (Wildman–Crippen LogP) is 4.77. The fraction of sp³-hybridized carbons (Fsp3) is 0.600. The lowest BCUT2D eigenvalue weighted by atomic mass is 9.77. The van der Waals surface area contributed by atoms with Gasteiger partial charge in [-0.25, -0.2) is 4.79 Å². The van der Waals surface area contributed by atoms with Gasteiger partial charge in [0, 0.05) is 0 Å². The molecular formula is C20H28N2O2. The molecule has 24 heavy (non-hydrogen) atoms. The van der Waals surface area contributed by atoms with Crippen LogP contribution in [0.5, 0.6) is 0 Å². The van der Waals surface area contributed by atoms with Crippen molar-refractivity contribution >= 4 is 6.09 Å². The molecule has 1 N–H and O–H groups in total. The van der Waals surface area contributed by atoms with E-state index in [1.165, 1.54) is 6.42 Å². The molecule has 0 aliphatic heterocycles. The summed E-state index contributed by atoms with van der Waals surface area (Å²) in [4.78, 5) is 12.3. The van der Waals surface area contributed by atoms with Crippen molar-refractivity contribution in [2.75, 3.05) is 0 Å². The van der Waals surface area contributed by atoms with Crippen molar-refractivity contribution in [1.82, 2.24) is 5.32 Å². The van der Waals surface area contributed by atoms with Crippen LogP contribution in [0.2, 0.25) is 0 Å². The number of nitrogens with zero attached hydrogens (tertiary/aromatic N) is 1. The molecule has 0 heterocycles. The topological polar surface area (TPSA) is 62.1 Å². The van der Waals surface area contributed by atoms with E-state index in [1.807, 2.05) is 51.1 Å². The molecule has 0 unspecified atom stereocenters.